The van der Waals surface area contributed by atoms with Crippen molar-refractivity contribution in [1.82, 2.24) is 0 Å². The molecule has 1 aliphatic rings. The molecule has 2 aromatic carbocycles. The Balaban J connectivity index is 2.16. The second-order valence-corrected chi connectivity index (χ2v) is 7.32. The number of rotatable bonds is 2. The standard InChI is InChI=1S/C19H22S/c1-12(2)15-9-10-18-16(19(15)13(3)4)11-14-7-5-6-8-17(14)20-18/h5-10,12-13H,11H2,1-4H3. The summed E-state index contributed by atoms with van der Waals surface area (Å²) in [6.07, 6.45) is 1.09. The fourth-order valence-electron chi connectivity index (χ4n) is 3.18. The molecule has 0 saturated heterocycles. The van der Waals surface area contributed by atoms with Crippen LogP contribution < -0.4 is 0 Å². The molecule has 3 rings (SSSR count). The molecule has 104 valence electrons. The first-order valence-corrected chi connectivity index (χ1v) is 8.31. The molecule has 0 aliphatic carbocycles. The van der Waals surface area contributed by atoms with Gasteiger partial charge in [-0.1, -0.05) is 63.7 Å². The molecule has 2 aromatic rings. The average molecular weight is 282 g/mol. The van der Waals surface area contributed by atoms with Gasteiger partial charge in [0.05, 0.1) is 0 Å². The molecule has 0 unspecified atom stereocenters. The molecule has 0 bridgehead atoms. The van der Waals surface area contributed by atoms with E-state index in [-0.39, 0.29) is 0 Å². The van der Waals surface area contributed by atoms with Gasteiger partial charge >= 0.3 is 0 Å². The quantitative estimate of drug-likeness (QED) is 0.556. The summed E-state index contributed by atoms with van der Waals surface area (Å²) in [6.45, 7) is 9.26. The van der Waals surface area contributed by atoms with Gasteiger partial charge in [-0.2, -0.15) is 0 Å². The molecule has 1 heteroatoms. The third-order valence-corrected chi connectivity index (χ3v) is 5.33. The highest BCUT2D eigenvalue weighted by Gasteiger charge is 2.22. The molecule has 0 N–H and O–H groups in total. The van der Waals surface area contributed by atoms with Crippen molar-refractivity contribution in [2.75, 3.05) is 0 Å². The fourth-order valence-corrected chi connectivity index (χ4v) is 4.28. The summed E-state index contributed by atoms with van der Waals surface area (Å²) < 4.78 is 0. The molecular formula is C19H22S. The van der Waals surface area contributed by atoms with Gasteiger partial charge in [0.25, 0.3) is 0 Å². The van der Waals surface area contributed by atoms with Crippen molar-refractivity contribution in [2.24, 2.45) is 0 Å². The predicted molar refractivity (Wildman–Crippen MR) is 88.0 cm³/mol. The van der Waals surface area contributed by atoms with Crippen LogP contribution >= 0.6 is 11.8 Å². The van der Waals surface area contributed by atoms with Crippen LogP contribution in [0.5, 0.6) is 0 Å². The van der Waals surface area contributed by atoms with Crippen molar-refractivity contribution in [3.63, 3.8) is 0 Å². The third kappa shape index (κ3) is 2.29. The van der Waals surface area contributed by atoms with Gasteiger partial charge in [0, 0.05) is 9.79 Å². The predicted octanol–water partition coefficient (Wildman–Crippen LogP) is 5.99. The Morgan fingerprint density at radius 1 is 0.850 bits per heavy atom. The Hall–Kier alpha value is -1.21. The summed E-state index contributed by atoms with van der Waals surface area (Å²) in [5.74, 6) is 1.19. The first kappa shape index (κ1) is 13.8. The number of hydrogen-bond acceptors (Lipinski definition) is 1. The van der Waals surface area contributed by atoms with Crippen molar-refractivity contribution in [1.29, 1.82) is 0 Å². The van der Waals surface area contributed by atoms with Gasteiger partial charge in [-0.05, 0) is 52.6 Å². The lowest BCUT2D eigenvalue weighted by Gasteiger charge is -2.27. The van der Waals surface area contributed by atoms with Crippen LogP contribution in [0, 0.1) is 0 Å². The van der Waals surface area contributed by atoms with Crippen LogP contribution in [0.15, 0.2) is 46.2 Å². The minimum absolute atomic E-state index is 0.591. The summed E-state index contributed by atoms with van der Waals surface area (Å²) in [6, 6.07) is 13.5. The van der Waals surface area contributed by atoms with E-state index >= 15 is 0 Å². The Morgan fingerprint density at radius 3 is 2.30 bits per heavy atom. The molecule has 1 aliphatic heterocycles. The minimum Gasteiger partial charge on any atom is -0.0895 e. The summed E-state index contributed by atoms with van der Waals surface area (Å²) >= 11 is 1.93. The first-order valence-electron chi connectivity index (χ1n) is 7.49. The van der Waals surface area contributed by atoms with Gasteiger partial charge in [-0.25, -0.2) is 0 Å². The molecule has 1 heterocycles. The second-order valence-electron chi connectivity index (χ2n) is 6.24. The van der Waals surface area contributed by atoms with E-state index in [9.17, 15) is 0 Å². The Bertz CT molecular complexity index is 638. The molecule has 0 spiro atoms. The van der Waals surface area contributed by atoms with Crippen molar-refractivity contribution in [2.45, 2.75) is 55.7 Å². The van der Waals surface area contributed by atoms with E-state index in [0.29, 0.717) is 11.8 Å². The third-order valence-electron chi connectivity index (χ3n) is 4.11. The zero-order valence-electron chi connectivity index (χ0n) is 12.7. The molecule has 0 saturated carbocycles. The summed E-state index contributed by atoms with van der Waals surface area (Å²) in [4.78, 5) is 2.88. The van der Waals surface area contributed by atoms with Crippen LogP contribution in [0.4, 0.5) is 0 Å². The minimum atomic E-state index is 0.591. The van der Waals surface area contributed by atoms with Crippen molar-refractivity contribution in [3.05, 3.63) is 58.7 Å². The highest BCUT2D eigenvalue weighted by molar-refractivity contribution is 7.99. The van der Waals surface area contributed by atoms with Gasteiger partial charge in [0.15, 0.2) is 0 Å². The van der Waals surface area contributed by atoms with Crippen LogP contribution in [-0.4, -0.2) is 0 Å². The van der Waals surface area contributed by atoms with Crippen LogP contribution in [-0.2, 0) is 6.42 Å². The van der Waals surface area contributed by atoms with E-state index < -0.39 is 0 Å². The van der Waals surface area contributed by atoms with E-state index in [1.54, 1.807) is 11.1 Å². The molecule has 20 heavy (non-hydrogen) atoms. The molecule has 0 atom stereocenters. The van der Waals surface area contributed by atoms with Crippen LogP contribution in [0.1, 0.15) is 61.8 Å². The number of hydrogen-bond donors (Lipinski definition) is 0. The molecule has 0 amide bonds. The lowest BCUT2D eigenvalue weighted by atomic mass is 9.84. The van der Waals surface area contributed by atoms with Gasteiger partial charge < -0.3 is 0 Å². The lowest BCUT2D eigenvalue weighted by Crippen LogP contribution is -2.09. The average Bonchev–Trinajstić information content (AvgIpc) is 2.43. The summed E-state index contributed by atoms with van der Waals surface area (Å²) in [7, 11) is 0. The van der Waals surface area contributed by atoms with Crippen molar-refractivity contribution in [3.8, 4) is 0 Å². The monoisotopic (exact) mass is 282 g/mol. The molecule has 0 aromatic heterocycles. The van der Waals surface area contributed by atoms with E-state index in [1.807, 2.05) is 11.8 Å². The summed E-state index contributed by atoms with van der Waals surface area (Å²) in [5.41, 5.74) is 6.15. The highest BCUT2D eigenvalue weighted by Crippen LogP contribution is 2.44. The first-order chi connectivity index (χ1) is 9.58. The molecule has 0 fully saturated rings. The van der Waals surface area contributed by atoms with Crippen molar-refractivity contribution >= 4 is 11.8 Å². The SMILES string of the molecule is CC(C)c1ccc2c(c1C(C)C)Cc1ccccc1S2. The van der Waals surface area contributed by atoms with E-state index in [0.717, 1.165) is 6.42 Å². The zero-order valence-corrected chi connectivity index (χ0v) is 13.6. The van der Waals surface area contributed by atoms with Crippen molar-refractivity contribution < 1.29 is 0 Å². The Kier molecular flexibility index (Phi) is 3.64. The maximum absolute atomic E-state index is 2.35. The summed E-state index contributed by atoms with van der Waals surface area (Å²) in [5, 5.41) is 0. The number of fused-ring (bicyclic) bond motifs is 2. The highest BCUT2D eigenvalue weighted by atomic mass is 32.2. The van der Waals surface area contributed by atoms with Crippen LogP contribution in [0.2, 0.25) is 0 Å². The molecule has 0 nitrogen and oxygen atoms in total. The molecular weight excluding hydrogens is 260 g/mol. The van der Waals surface area contributed by atoms with Crippen LogP contribution in [0.3, 0.4) is 0 Å². The lowest BCUT2D eigenvalue weighted by molar-refractivity contribution is 0.768. The van der Waals surface area contributed by atoms with Gasteiger partial charge in [0.2, 0.25) is 0 Å². The van der Waals surface area contributed by atoms with Gasteiger partial charge in [-0.15, -0.1) is 0 Å². The van der Waals surface area contributed by atoms with Crippen LogP contribution in [0.25, 0.3) is 0 Å². The molecule has 0 radical (unpaired) electrons. The zero-order chi connectivity index (χ0) is 14.3. The van der Waals surface area contributed by atoms with E-state index in [4.69, 9.17) is 0 Å². The van der Waals surface area contributed by atoms with Gasteiger partial charge in [0.1, 0.15) is 0 Å². The fraction of sp³-hybridized carbons (Fsp3) is 0.368. The number of benzene rings is 2. The smallest absolute Gasteiger partial charge is 0.0160 e. The normalized spacial score (nSPS) is 13.5. The van der Waals surface area contributed by atoms with Gasteiger partial charge in [-0.3, -0.25) is 0 Å². The maximum atomic E-state index is 2.35. The second kappa shape index (κ2) is 5.29. The topological polar surface area (TPSA) is 0 Å². The van der Waals surface area contributed by atoms with E-state index in [1.165, 1.54) is 20.9 Å². The largest absolute Gasteiger partial charge is 0.0895 e. The Morgan fingerprint density at radius 2 is 1.60 bits per heavy atom. The van der Waals surface area contributed by atoms with E-state index in [2.05, 4.69) is 64.1 Å². The Labute approximate surface area is 126 Å². The maximum Gasteiger partial charge on any atom is 0.0160 e.